The van der Waals surface area contributed by atoms with Gasteiger partial charge in [0.1, 0.15) is 6.10 Å². The Labute approximate surface area is 99.8 Å². The fourth-order valence-electron chi connectivity index (χ4n) is 1.83. The van der Waals surface area contributed by atoms with E-state index < -0.39 is 42.5 Å². The van der Waals surface area contributed by atoms with Gasteiger partial charge < -0.3 is 9.84 Å². The van der Waals surface area contributed by atoms with Crippen molar-refractivity contribution in [3.05, 3.63) is 32.6 Å². The van der Waals surface area contributed by atoms with Gasteiger partial charge in [-0.1, -0.05) is 0 Å². The molecule has 1 fully saturated rings. The summed E-state index contributed by atoms with van der Waals surface area (Å²) in [6.45, 7) is 0.739. The first kappa shape index (κ1) is 12.9. The van der Waals surface area contributed by atoms with Crippen LogP contribution < -0.4 is 11.2 Å². The minimum absolute atomic E-state index is 0.174. The van der Waals surface area contributed by atoms with E-state index in [4.69, 9.17) is 9.84 Å². The summed E-state index contributed by atoms with van der Waals surface area (Å²) in [5, 5.41) is 8.81. The van der Waals surface area contributed by atoms with Crippen LogP contribution in [0.1, 0.15) is 11.8 Å². The van der Waals surface area contributed by atoms with Gasteiger partial charge in [-0.2, -0.15) is 0 Å². The molecule has 0 aliphatic carbocycles. The molecule has 1 saturated heterocycles. The van der Waals surface area contributed by atoms with Crippen LogP contribution in [0.2, 0.25) is 0 Å². The van der Waals surface area contributed by atoms with Crippen LogP contribution in [-0.4, -0.2) is 39.7 Å². The van der Waals surface area contributed by atoms with Gasteiger partial charge in [0.25, 0.3) is 5.56 Å². The molecule has 0 radical (unpaired) electrons. The van der Waals surface area contributed by atoms with Gasteiger partial charge in [-0.15, -0.1) is 0 Å². The molecule has 0 spiro atoms. The number of alkyl halides is 2. The van der Waals surface area contributed by atoms with Crippen molar-refractivity contribution < 1.29 is 18.6 Å². The van der Waals surface area contributed by atoms with E-state index in [1.54, 1.807) is 0 Å². The second-order valence-corrected chi connectivity index (χ2v) is 4.12. The molecule has 1 aromatic rings. The SMILES string of the molecule is Cc1cn([C@@H]2O[C@H](CO)[C@@H](F)C2F)c(=O)[nH]c1=O. The molecule has 1 aliphatic rings. The van der Waals surface area contributed by atoms with Crippen LogP contribution in [0.25, 0.3) is 0 Å². The third-order valence-electron chi connectivity index (χ3n) is 2.85. The van der Waals surface area contributed by atoms with Gasteiger partial charge in [0.2, 0.25) is 0 Å². The van der Waals surface area contributed by atoms with Gasteiger partial charge in [-0.25, -0.2) is 13.6 Å². The number of nitrogens with zero attached hydrogens (tertiary/aromatic N) is 1. The summed E-state index contributed by atoms with van der Waals surface area (Å²) >= 11 is 0. The number of hydrogen-bond donors (Lipinski definition) is 2. The fraction of sp³-hybridized carbons (Fsp3) is 0.600. The highest BCUT2D eigenvalue weighted by molar-refractivity contribution is 5.03. The summed E-state index contributed by atoms with van der Waals surface area (Å²) in [4.78, 5) is 24.6. The maximum Gasteiger partial charge on any atom is 0.330 e. The number of H-pyrrole nitrogens is 1. The van der Waals surface area contributed by atoms with Crippen molar-refractivity contribution in [2.45, 2.75) is 31.6 Å². The highest BCUT2D eigenvalue weighted by Gasteiger charge is 2.46. The normalized spacial score (nSPS) is 31.8. The van der Waals surface area contributed by atoms with Crippen LogP contribution in [0.4, 0.5) is 8.78 Å². The molecule has 2 rings (SSSR count). The van der Waals surface area contributed by atoms with Crippen LogP contribution in [-0.2, 0) is 4.74 Å². The van der Waals surface area contributed by atoms with Crippen molar-refractivity contribution in [1.29, 1.82) is 0 Å². The molecule has 0 saturated carbocycles. The Morgan fingerprint density at radius 3 is 2.67 bits per heavy atom. The van der Waals surface area contributed by atoms with Crippen LogP contribution in [0, 0.1) is 6.92 Å². The Bertz CT molecular complexity index is 556. The van der Waals surface area contributed by atoms with Gasteiger partial charge in [0.05, 0.1) is 6.61 Å². The van der Waals surface area contributed by atoms with Crippen LogP contribution in [0.3, 0.4) is 0 Å². The van der Waals surface area contributed by atoms with E-state index in [-0.39, 0.29) is 5.56 Å². The first-order chi connectivity index (χ1) is 8.45. The Morgan fingerprint density at radius 1 is 1.44 bits per heavy atom. The van der Waals surface area contributed by atoms with Gasteiger partial charge in [-0.05, 0) is 6.92 Å². The van der Waals surface area contributed by atoms with Crippen molar-refractivity contribution in [3.8, 4) is 0 Å². The third-order valence-corrected chi connectivity index (χ3v) is 2.85. The van der Waals surface area contributed by atoms with Crippen molar-refractivity contribution in [2.75, 3.05) is 6.61 Å². The van der Waals surface area contributed by atoms with E-state index in [0.29, 0.717) is 0 Å². The number of rotatable bonds is 2. The Morgan fingerprint density at radius 2 is 2.11 bits per heavy atom. The number of ether oxygens (including phenoxy) is 1. The Hall–Kier alpha value is -1.54. The summed E-state index contributed by atoms with van der Waals surface area (Å²) in [6, 6.07) is 0. The molecule has 2 N–H and O–H groups in total. The second-order valence-electron chi connectivity index (χ2n) is 4.12. The van der Waals surface area contributed by atoms with Gasteiger partial charge in [-0.3, -0.25) is 14.3 Å². The number of aliphatic hydroxyl groups excluding tert-OH is 1. The quantitative estimate of drug-likeness (QED) is 0.746. The fourth-order valence-corrected chi connectivity index (χ4v) is 1.83. The molecule has 1 aromatic heterocycles. The minimum atomic E-state index is -2.08. The lowest BCUT2D eigenvalue weighted by atomic mass is 10.2. The molecule has 4 atom stereocenters. The number of aromatic amines is 1. The first-order valence-corrected chi connectivity index (χ1v) is 5.32. The Balaban J connectivity index is 2.42. The molecule has 0 aromatic carbocycles. The molecule has 2 heterocycles. The highest BCUT2D eigenvalue weighted by atomic mass is 19.2. The monoisotopic (exact) mass is 262 g/mol. The van der Waals surface area contributed by atoms with E-state index in [1.165, 1.54) is 6.92 Å². The van der Waals surface area contributed by atoms with Crippen LogP contribution in [0.5, 0.6) is 0 Å². The summed E-state index contributed by atoms with van der Waals surface area (Å²) in [6.07, 6.45) is -5.79. The Kier molecular flexibility index (Phi) is 3.31. The van der Waals surface area contributed by atoms with Crippen molar-refractivity contribution in [3.63, 3.8) is 0 Å². The second kappa shape index (κ2) is 4.62. The minimum Gasteiger partial charge on any atom is -0.394 e. The maximum atomic E-state index is 13.7. The predicted molar refractivity (Wildman–Crippen MR) is 56.8 cm³/mol. The number of hydrogen-bond acceptors (Lipinski definition) is 4. The highest BCUT2D eigenvalue weighted by Crippen LogP contribution is 2.32. The molecule has 1 unspecified atom stereocenters. The zero-order valence-corrected chi connectivity index (χ0v) is 9.47. The largest absolute Gasteiger partial charge is 0.394 e. The number of aromatic nitrogens is 2. The predicted octanol–water partition coefficient (Wildman–Crippen LogP) is -0.589. The molecule has 100 valence electrons. The lowest BCUT2D eigenvalue weighted by Gasteiger charge is -2.15. The van der Waals surface area contributed by atoms with E-state index in [1.807, 2.05) is 4.98 Å². The van der Waals surface area contributed by atoms with E-state index in [2.05, 4.69) is 0 Å². The molecular formula is C10H12F2N2O4. The average Bonchev–Trinajstić information content (AvgIpc) is 2.61. The molecule has 18 heavy (non-hydrogen) atoms. The van der Waals surface area contributed by atoms with Crippen molar-refractivity contribution >= 4 is 0 Å². The van der Waals surface area contributed by atoms with Crippen LogP contribution in [0.15, 0.2) is 15.8 Å². The van der Waals surface area contributed by atoms with E-state index in [0.717, 1.165) is 10.8 Å². The van der Waals surface area contributed by atoms with Crippen molar-refractivity contribution in [1.82, 2.24) is 9.55 Å². The standard InChI is InChI=1S/C10H12F2N2O4/c1-4-2-14(10(17)13-8(4)16)9-7(12)6(11)5(3-15)18-9/h2,5-7,9,15H,3H2,1H3,(H,13,16,17)/t5-,6-,7?,9-/m1/s1. The molecule has 1 aliphatic heterocycles. The lowest BCUT2D eigenvalue weighted by Crippen LogP contribution is -2.36. The van der Waals surface area contributed by atoms with Gasteiger partial charge in [0, 0.05) is 11.8 Å². The molecule has 0 bridgehead atoms. The topological polar surface area (TPSA) is 84.3 Å². The molecule has 8 heteroatoms. The summed E-state index contributed by atoms with van der Waals surface area (Å²) in [7, 11) is 0. The smallest absolute Gasteiger partial charge is 0.330 e. The van der Waals surface area contributed by atoms with E-state index in [9.17, 15) is 18.4 Å². The van der Waals surface area contributed by atoms with Crippen LogP contribution >= 0.6 is 0 Å². The van der Waals surface area contributed by atoms with Gasteiger partial charge >= 0.3 is 5.69 Å². The zero-order chi connectivity index (χ0) is 13.4. The van der Waals surface area contributed by atoms with E-state index >= 15 is 0 Å². The molecule has 6 nitrogen and oxygen atoms in total. The first-order valence-electron chi connectivity index (χ1n) is 5.32. The number of aliphatic hydroxyl groups is 1. The molecular weight excluding hydrogens is 250 g/mol. The number of nitrogens with one attached hydrogen (secondary N) is 1. The summed E-state index contributed by atoms with van der Waals surface area (Å²) in [5.74, 6) is 0. The number of halogens is 2. The molecule has 0 amide bonds. The maximum absolute atomic E-state index is 13.7. The third kappa shape index (κ3) is 1.97. The zero-order valence-electron chi connectivity index (χ0n) is 9.47. The van der Waals surface area contributed by atoms with Crippen molar-refractivity contribution in [2.24, 2.45) is 0 Å². The average molecular weight is 262 g/mol. The summed E-state index contributed by atoms with van der Waals surface area (Å²) in [5.41, 5.74) is -1.31. The van der Waals surface area contributed by atoms with Gasteiger partial charge in [0.15, 0.2) is 18.6 Å². The number of aryl methyl sites for hydroxylation is 1. The summed E-state index contributed by atoms with van der Waals surface area (Å²) < 4.78 is 32.8. The lowest BCUT2D eigenvalue weighted by molar-refractivity contribution is -0.0437.